The Bertz CT molecular complexity index is 843. The number of carbonyl (C=O) groups is 1. The molecule has 0 atom stereocenters. The van der Waals surface area contributed by atoms with Crippen molar-refractivity contribution in [1.29, 1.82) is 5.26 Å². The highest BCUT2D eigenvalue weighted by atomic mass is 16.5. The van der Waals surface area contributed by atoms with Gasteiger partial charge in [-0.1, -0.05) is 23.8 Å². The summed E-state index contributed by atoms with van der Waals surface area (Å²) in [6.07, 6.45) is 1.55. The zero-order chi connectivity index (χ0) is 18.4. The quantitative estimate of drug-likeness (QED) is 0.465. The third kappa shape index (κ3) is 4.71. The van der Waals surface area contributed by atoms with Crippen molar-refractivity contribution in [3.63, 3.8) is 0 Å². The first kappa shape index (κ1) is 18.3. The van der Waals surface area contributed by atoms with Gasteiger partial charge in [0.25, 0.3) is 0 Å². The predicted octanol–water partition coefficient (Wildman–Crippen LogP) is 4.27. The van der Waals surface area contributed by atoms with Crippen LogP contribution in [0.5, 0.6) is 5.75 Å². The Morgan fingerprint density at radius 3 is 2.40 bits per heavy atom. The highest BCUT2D eigenvalue weighted by molar-refractivity contribution is 5.98. The SMILES string of the molecule is COC(=O)C(C#N)=Cc1cc(COc2ccc(C)cc2)c(C)cc1C. The molecule has 128 valence electrons. The van der Waals surface area contributed by atoms with Crippen molar-refractivity contribution < 1.29 is 14.3 Å². The number of carbonyl (C=O) groups excluding carboxylic acids is 1. The fourth-order valence-electron chi connectivity index (χ4n) is 2.43. The zero-order valence-corrected chi connectivity index (χ0v) is 14.9. The summed E-state index contributed by atoms with van der Waals surface area (Å²) in [6, 6.07) is 13.7. The number of rotatable bonds is 5. The molecule has 0 N–H and O–H groups in total. The first-order valence-electron chi connectivity index (χ1n) is 7.94. The van der Waals surface area contributed by atoms with Crippen LogP contribution in [0.4, 0.5) is 0 Å². The van der Waals surface area contributed by atoms with Gasteiger partial charge in [-0.3, -0.25) is 0 Å². The lowest BCUT2D eigenvalue weighted by molar-refractivity contribution is -0.135. The number of nitrogens with zero attached hydrogens (tertiary/aromatic N) is 1. The second-order valence-electron chi connectivity index (χ2n) is 5.90. The van der Waals surface area contributed by atoms with Crippen molar-refractivity contribution in [2.75, 3.05) is 7.11 Å². The summed E-state index contributed by atoms with van der Waals surface area (Å²) >= 11 is 0. The van der Waals surface area contributed by atoms with Gasteiger partial charge in [-0.2, -0.15) is 5.26 Å². The van der Waals surface area contributed by atoms with Crippen LogP contribution >= 0.6 is 0 Å². The largest absolute Gasteiger partial charge is 0.489 e. The highest BCUT2D eigenvalue weighted by Gasteiger charge is 2.11. The summed E-state index contributed by atoms with van der Waals surface area (Å²) < 4.78 is 10.5. The Hall–Kier alpha value is -3.06. The lowest BCUT2D eigenvalue weighted by atomic mass is 9.98. The molecule has 4 heteroatoms. The van der Waals surface area contributed by atoms with E-state index in [4.69, 9.17) is 10.00 Å². The topological polar surface area (TPSA) is 59.3 Å². The molecule has 0 aliphatic heterocycles. The predicted molar refractivity (Wildman–Crippen MR) is 97.0 cm³/mol. The fourth-order valence-corrected chi connectivity index (χ4v) is 2.43. The highest BCUT2D eigenvalue weighted by Crippen LogP contribution is 2.21. The second-order valence-corrected chi connectivity index (χ2v) is 5.90. The third-order valence-electron chi connectivity index (χ3n) is 3.97. The Kier molecular flexibility index (Phi) is 5.97. The van der Waals surface area contributed by atoms with E-state index >= 15 is 0 Å². The van der Waals surface area contributed by atoms with Crippen molar-refractivity contribution in [2.45, 2.75) is 27.4 Å². The molecule has 2 aromatic rings. The Labute approximate surface area is 148 Å². The van der Waals surface area contributed by atoms with E-state index in [0.717, 1.165) is 28.0 Å². The van der Waals surface area contributed by atoms with Crippen LogP contribution in [0.25, 0.3) is 6.08 Å². The van der Waals surface area contributed by atoms with Gasteiger partial charge in [0.05, 0.1) is 7.11 Å². The van der Waals surface area contributed by atoms with E-state index in [1.165, 1.54) is 12.7 Å². The number of methoxy groups -OCH3 is 1. The first-order chi connectivity index (χ1) is 11.9. The van der Waals surface area contributed by atoms with E-state index < -0.39 is 5.97 Å². The maximum Gasteiger partial charge on any atom is 0.348 e. The number of ether oxygens (including phenoxy) is 2. The van der Waals surface area contributed by atoms with Gasteiger partial charge in [0.15, 0.2) is 0 Å². The van der Waals surface area contributed by atoms with Crippen molar-refractivity contribution in [3.8, 4) is 11.8 Å². The van der Waals surface area contributed by atoms with Crippen LogP contribution in [-0.4, -0.2) is 13.1 Å². The van der Waals surface area contributed by atoms with Crippen molar-refractivity contribution in [1.82, 2.24) is 0 Å². The van der Waals surface area contributed by atoms with Gasteiger partial charge in [-0.25, -0.2) is 4.79 Å². The summed E-state index contributed by atoms with van der Waals surface area (Å²) in [5, 5.41) is 9.13. The van der Waals surface area contributed by atoms with Gasteiger partial charge in [0.2, 0.25) is 0 Å². The van der Waals surface area contributed by atoms with Gasteiger partial charge in [-0.15, -0.1) is 0 Å². The Balaban J connectivity index is 2.28. The van der Waals surface area contributed by atoms with E-state index in [9.17, 15) is 4.79 Å². The van der Waals surface area contributed by atoms with Crippen LogP contribution in [0.1, 0.15) is 27.8 Å². The van der Waals surface area contributed by atoms with E-state index in [1.54, 1.807) is 6.08 Å². The third-order valence-corrected chi connectivity index (χ3v) is 3.97. The van der Waals surface area contributed by atoms with Crippen LogP contribution in [0.2, 0.25) is 0 Å². The molecule has 0 radical (unpaired) electrons. The Morgan fingerprint density at radius 2 is 1.80 bits per heavy atom. The standard InChI is InChI=1S/C21H21NO3/c1-14-5-7-20(8-6-14)25-13-19-11-17(15(2)9-16(19)3)10-18(12-22)21(23)24-4/h5-11H,13H2,1-4H3. The van der Waals surface area contributed by atoms with Gasteiger partial charge < -0.3 is 9.47 Å². The molecule has 0 saturated carbocycles. The van der Waals surface area contributed by atoms with Crippen LogP contribution in [-0.2, 0) is 16.1 Å². The maximum atomic E-state index is 11.6. The van der Waals surface area contributed by atoms with Gasteiger partial charge in [0, 0.05) is 0 Å². The summed E-state index contributed by atoms with van der Waals surface area (Å²) in [6.45, 7) is 6.40. The van der Waals surface area contributed by atoms with Gasteiger partial charge in [-0.05, 0) is 67.3 Å². The van der Waals surface area contributed by atoms with Crippen molar-refractivity contribution >= 4 is 12.0 Å². The molecule has 0 aliphatic carbocycles. The van der Waals surface area contributed by atoms with Crippen molar-refractivity contribution in [3.05, 3.63) is 69.8 Å². The number of hydrogen-bond donors (Lipinski definition) is 0. The monoisotopic (exact) mass is 335 g/mol. The Morgan fingerprint density at radius 1 is 1.12 bits per heavy atom. The molecule has 0 aliphatic rings. The lowest BCUT2D eigenvalue weighted by Crippen LogP contribution is -2.04. The molecule has 0 heterocycles. The number of nitriles is 1. The van der Waals surface area contributed by atoms with Crippen LogP contribution in [0.15, 0.2) is 42.0 Å². The molecule has 0 fully saturated rings. The molecule has 0 bridgehead atoms. The molecule has 0 unspecified atom stereocenters. The molecule has 0 saturated heterocycles. The van der Waals surface area contributed by atoms with Gasteiger partial charge >= 0.3 is 5.97 Å². The minimum Gasteiger partial charge on any atom is -0.489 e. The van der Waals surface area contributed by atoms with Gasteiger partial charge in [0.1, 0.15) is 24.0 Å². The number of aryl methyl sites for hydroxylation is 3. The average molecular weight is 335 g/mol. The van der Waals surface area contributed by atoms with E-state index in [0.29, 0.717) is 6.61 Å². The summed E-state index contributed by atoms with van der Waals surface area (Å²) in [5.74, 6) is 0.162. The number of esters is 1. The molecule has 2 rings (SSSR count). The molecule has 0 amide bonds. The van der Waals surface area contributed by atoms with E-state index in [1.807, 2.05) is 63.2 Å². The maximum absolute atomic E-state index is 11.6. The number of hydrogen-bond acceptors (Lipinski definition) is 4. The molecule has 25 heavy (non-hydrogen) atoms. The summed E-state index contributed by atoms with van der Waals surface area (Å²) in [5.41, 5.74) is 5.03. The zero-order valence-electron chi connectivity index (χ0n) is 14.9. The minimum absolute atomic E-state index is 0.0279. The molecular weight excluding hydrogens is 314 g/mol. The fraction of sp³-hybridized carbons (Fsp3) is 0.238. The van der Waals surface area contributed by atoms with Crippen molar-refractivity contribution in [2.24, 2.45) is 0 Å². The molecule has 0 aromatic heterocycles. The average Bonchev–Trinajstić information content (AvgIpc) is 2.61. The van der Waals surface area contributed by atoms with Crippen LogP contribution in [0, 0.1) is 32.1 Å². The molecule has 2 aromatic carbocycles. The molecule has 0 spiro atoms. The normalized spacial score (nSPS) is 10.9. The first-order valence-corrected chi connectivity index (χ1v) is 7.94. The smallest absolute Gasteiger partial charge is 0.348 e. The lowest BCUT2D eigenvalue weighted by Gasteiger charge is -2.12. The van der Waals surface area contributed by atoms with E-state index in [-0.39, 0.29) is 5.57 Å². The summed E-state index contributed by atoms with van der Waals surface area (Å²) in [4.78, 5) is 11.6. The summed E-state index contributed by atoms with van der Waals surface area (Å²) in [7, 11) is 1.26. The van der Waals surface area contributed by atoms with Crippen LogP contribution in [0.3, 0.4) is 0 Å². The molecule has 4 nitrogen and oxygen atoms in total. The second kappa shape index (κ2) is 8.16. The van der Waals surface area contributed by atoms with E-state index in [2.05, 4.69) is 4.74 Å². The van der Waals surface area contributed by atoms with Crippen LogP contribution < -0.4 is 4.74 Å². The number of benzene rings is 2. The molecular formula is C21H21NO3. The minimum atomic E-state index is -0.639.